The molecule has 3 aromatic rings. The topological polar surface area (TPSA) is 0 Å². The summed E-state index contributed by atoms with van der Waals surface area (Å²) in [5, 5.41) is 0. The van der Waals surface area contributed by atoms with Gasteiger partial charge in [0.1, 0.15) is 0 Å². The molecule has 128 valence electrons. The van der Waals surface area contributed by atoms with Crippen molar-refractivity contribution >= 4 is 20.6 Å². The molecular weight excluding hydrogens is 374 g/mol. The predicted molar refractivity (Wildman–Crippen MR) is 108 cm³/mol. The molecule has 0 unspecified atom stereocenters. The normalized spacial score (nSPS) is 11.3. The van der Waals surface area contributed by atoms with Crippen molar-refractivity contribution in [2.24, 2.45) is 0 Å². The van der Waals surface area contributed by atoms with E-state index >= 15 is 0 Å². The maximum absolute atomic E-state index is 14.7. The average Bonchev–Trinajstić information content (AvgIpc) is 3.10. The van der Waals surface area contributed by atoms with Gasteiger partial charge < -0.3 is 0 Å². The number of hydrogen-bond donors (Lipinski definition) is 0. The first-order valence-corrected chi connectivity index (χ1v) is 10.6. The molecule has 0 saturated carbocycles. The van der Waals surface area contributed by atoms with Gasteiger partial charge in [-0.15, -0.1) is 0 Å². The molecule has 3 rings (SSSR count). The van der Waals surface area contributed by atoms with Crippen molar-refractivity contribution in [3.05, 3.63) is 76.5 Å². The maximum atomic E-state index is 14.7. The number of allylic oxidation sites excluding steroid dienone is 1. The Labute approximate surface area is 155 Å². The van der Waals surface area contributed by atoms with E-state index in [9.17, 15) is 4.39 Å². The minimum absolute atomic E-state index is 0.127. The Balaban J connectivity index is 1.84. The number of halogens is 1. The van der Waals surface area contributed by atoms with Crippen LogP contribution in [0.2, 0.25) is 0 Å². The van der Waals surface area contributed by atoms with E-state index in [-0.39, 0.29) is 20.3 Å². The molecule has 0 saturated heterocycles. The van der Waals surface area contributed by atoms with E-state index < -0.39 is 0 Å². The molecule has 0 atom stereocenters. The van der Waals surface area contributed by atoms with Gasteiger partial charge in [-0.2, -0.15) is 0 Å². The molecule has 0 N–H and O–H groups in total. The van der Waals surface area contributed by atoms with Gasteiger partial charge in [0.2, 0.25) is 0 Å². The van der Waals surface area contributed by atoms with Crippen LogP contribution in [-0.4, -0.2) is 14.5 Å². The number of unbranched alkanes of at least 4 members (excludes halogenated alkanes) is 1. The van der Waals surface area contributed by atoms with Crippen molar-refractivity contribution in [3.63, 3.8) is 0 Å². The Morgan fingerprint density at radius 2 is 1.68 bits per heavy atom. The summed E-state index contributed by atoms with van der Waals surface area (Å²) >= 11 is 0.190. The summed E-state index contributed by atoms with van der Waals surface area (Å²) < 4.78 is 17.1. The summed E-state index contributed by atoms with van der Waals surface area (Å²) in [6.07, 6.45) is 7.68. The SMILES string of the molecule is CCC/C=C/c1ccc(-c2ccc(-c3ccc(CC)cc3)cc2F)[se]1. The van der Waals surface area contributed by atoms with E-state index in [0.29, 0.717) is 0 Å². The van der Waals surface area contributed by atoms with Crippen molar-refractivity contribution < 1.29 is 4.39 Å². The molecule has 0 spiro atoms. The van der Waals surface area contributed by atoms with Crippen LogP contribution in [0.15, 0.2) is 60.7 Å². The zero-order chi connectivity index (χ0) is 17.6. The average molecular weight is 397 g/mol. The molecule has 0 radical (unpaired) electrons. The first kappa shape index (κ1) is 17.9. The summed E-state index contributed by atoms with van der Waals surface area (Å²) in [7, 11) is 0. The number of hydrogen-bond acceptors (Lipinski definition) is 0. The third-order valence-corrected chi connectivity index (χ3v) is 6.57. The van der Waals surface area contributed by atoms with Crippen molar-refractivity contribution in [1.29, 1.82) is 0 Å². The molecule has 0 fully saturated rings. The molecule has 0 aliphatic heterocycles. The van der Waals surface area contributed by atoms with Crippen molar-refractivity contribution in [3.8, 4) is 21.1 Å². The Bertz CT molecular complexity index is 856. The third-order valence-electron chi connectivity index (χ3n) is 4.29. The van der Waals surface area contributed by atoms with Crippen molar-refractivity contribution in [1.82, 2.24) is 0 Å². The molecule has 2 aromatic carbocycles. The quantitative estimate of drug-likeness (QED) is 0.412. The molecule has 1 aromatic heterocycles. The van der Waals surface area contributed by atoms with E-state index in [2.05, 4.69) is 62.4 Å². The van der Waals surface area contributed by atoms with Crippen LogP contribution in [0.1, 0.15) is 36.7 Å². The third kappa shape index (κ3) is 4.39. The molecule has 0 aliphatic carbocycles. The van der Waals surface area contributed by atoms with Gasteiger partial charge in [0.15, 0.2) is 0 Å². The van der Waals surface area contributed by atoms with E-state index in [1.165, 1.54) is 10.0 Å². The molecule has 0 bridgehead atoms. The first-order chi connectivity index (χ1) is 12.2. The van der Waals surface area contributed by atoms with Crippen molar-refractivity contribution in [2.45, 2.75) is 33.1 Å². The van der Waals surface area contributed by atoms with Crippen LogP contribution in [0.4, 0.5) is 4.39 Å². The Hall–Kier alpha value is -1.89. The van der Waals surface area contributed by atoms with Gasteiger partial charge in [-0.05, 0) is 0 Å². The van der Waals surface area contributed by atoms with E-state index in [1.807, 2.05) is 12.1 Å². The Kier molecular flexibility index (Phi) is 6.07. The number of benzene rings is 2. The summed E-state index contributed by atoms with van der Waals surface area (Å²) in [4.78, 5) is 0. The summed E-state index contributed by atoms with van der Waals surface area (Å²) in [6, 6.07) is 18.2. The van der Waals surface area contributed by atoms with Gasteiger partial charge in [-0.25, -0.2) is 0 Å². The van der Waals surface area contributed by atoms with Crippen molar-refractivity contribution in [2.75, 3.05) is 0 Å². The summed E-state index contributed by atoms with van der Waals surface area (Å²) in [5.41, 5.74) is 4.04. The molecule has 0 amide bonds. The fraction of sp³-hybridized carbons (Fsp3) is 0.217. The van der Waals surface area contributed by atoms with E-state index in [4.69, 9.17) is 0 Å². The molecule has 0 nitrogen and oxygen atoms in total. The second-order valence-corrected chi connectivity index (χ2v) is 8.48. The Morgan fingerprint density at radius 1 is 0.920 bits per heavy atom. The van der Waals surface area contributed by atoms with Gasteiger partial charge in [0.05, 0.1) is 0 Å². The minimum atomic E-state index is -0.127. The molecule has 2 heteroatoms. The van der Waals surface area contributed by atoms with Crippen LogP contribution in [0.5, 0.6) is 0 Å². The zero-order valence-corrected chi connectivity index (χ0v) is 16.5. The van der Waals surface area contributed by atoms with Gasteiger partial charge in [-0.1, -0.05) is 0 Å². The van der Waals surface area contributed by atoms with Gasteiger partial charge in [0.25, 0.3) is 0 Å². The molecule has 0 aliphatic rings. The van der Waals surface area contributed by atoms with Crippen LogP contribution < -0.4 is 0 Å². The van der Waals surface area contributed by atoms with Crippen LogP contribution in [0.25, 0.3) is 27.2 Å². The van der Waals surface area contributed by atoms with Gasteiger partial charge >= 0.3 is 156 Å². The van der Waals surface area contributed by atoms with Gasteiger partial charge in [-0.3, -0.25) is 0 Å². The zero-order valence-electron chi connectivity index (χ0n) is 14.8. The van der Waals surface area contributed by atoms with Crippen LogP contribution in [-0.2, 0) is 6.42 Å². The van der Waals surface area contributed by atoms with Crippen LogP contribution in [0, 0.1) is 5.82 Å². The molecule has 1 heterocycles. The number of aryl methyl sites for hydroxylation is 1. The summed E-state index contributed by atoms with van der Waals surface area (Å²) in [5.74, 6) is -0.127. The monoisotopic (exact) mass is 398 g/mol. The second kappa shape index (κ2) is 8.47. The first-order valence-electron chi connectivity index (χ1n) is 8.87. The summed E-state index contributed by atoms with van der Waals surface area (Å²) in [6.45, 7) is 4.31. The van der Waals surface area contributed by atoms with Crippen LogP contribution in [0.3, 0.4) is 0 Å². The van der Waals surface area contributed by atoms with Gasteiger partial charge in [0, 0.05) is 0 Å². The Morgan fingerprint density at radius 3 is 2.36 bits per heavy atom. The molecule has 25 heavy (non-hydrogen) atoms. The second-order valence-electron chi connectivity index (χ2n) is 6.14. The fourth-order valence-corrected chi connectivity index (χ4v) is 4.81. The predicted octanol–water partition coefficient (Wildman–Crippen LogP) is 6.59. The van der Waals surface area contributed by atoms with Crippen LogP contribution >= 0.6 is 0 Å². The fourth-order valence-electron chi connectivity index (χ4n) is 2.78. The van der Waals surface area contributed by atoms with E-state index in [0.717, 1.165) is 40.4 Å². The van der Waals surface area contributed by atoms with E-state index in [1.54, 1.807) is 6.07 Å². The number of rotatable bonds is 6. The standard InChI is InChI=1S/C23H23FSe/c1-3-5-6-7-20-13-15-23(25-20)21-14-12-19(16-22(21)24)18-10-8-17(4-2)9-11-18/h6-16H,3-5H2,1-2H3/b7-6+. The molecular formula is C23H23FSe.